The fraction of sp³-hybridized carbons (Fsp3) is 0.600. The van der Waals surface area contributed by atoms with E-state index in [-0.39, 0.29) is 23.4 Å². The molecule has 0 unspecified atom stereocenters. The molecule has 2 aliphatic rings. The summed E-state index contributed by atoms with van der Waals surface area (Å²) in [4.78, 5) is 26.3. The van der Waals surface area contributed by atoms with Gasteiger partial charge in [0.1, 0.15) is 5.60 Å². The SMILES string of the molecule is COC(=O)[C@@H]1CC2(CCN(C(=O)OC(C)(C)C)CC2)c2ccccc21. The average molecular weight is 345 g/mol. The minimum Gasteiger partial charge on any atom is -0.469 e. The van der Waals surface area contributed by atoms with E-state index in [1.165, 1.54) is 12.7 Å². The van der Waals surface area contributed by atoms with Crippen LogP contribution in [0.2, 0.25) is 0 Å². The van der Waals surface area contributed by atoms with E-state index in [4.69, 9.17) is 9.47 Å². The fourth-order valence-electron chi connectivity index (χ4n) is 4.16. The lowest BCUT2D eigenvalue weighted by Crippen LogP contribution is -2.46. The van der Waals surface area contributed by atoms with Gasteiger partial charge in [-0.05, 0) is 51.2 Å². The van der Waals surface area contributed by atoms with Gasteiger partial charge < -0.3 is 14.4 Å². The summed E-state index contributed by atoms with van der Waals surface area (Å²) in [6, 6.07) is 8.16. The van der Waals surface area contributed by atoms with Gasteiger partial charge in [-0.25, -0.2) is 4.79 Å². The van der Waals surface area contributed by atoms with Crippen molar-refractivity contribution in [3.63, 3.8) is 0 Å². The first-order valence-corrected chi connectivity index (χ1v) is 8.91. The van der Waals surface area contributed by atoms with Crippen molar-refractivity contribution in [3.05, 3.63) is 35.4 Å². The lowest BCUT2D eigenvalue weighted by molar-refractivity contribution is -0.142. The summed E-state index contributed by atoms with van der Waals surface area (Å²) in [5.74, 6) is -0.367. The second kappa shape index (κ2) is 6.36. The monoisotopic (exact) mass is 345 g/mol. The zero-order valence-electron chi connectivity index (χ0n) is 15.5. The van der Waals surface area contributed by atoms with Crippen molar-refractivity contribution >= 4 is 12.1 Å². The molecule has 25 heavy (non-hydrogen) atoms. The van der Waals surface area contributed by atoms with Crippen LogP contribution >= 0.6 is 0 Å². The summed E-state index contributed by atoms with van der Waals surface area (Å²) in [7, 11) is 1.45. The van der Waals surface area contributed by atoms with Gasteiger partial charge in [0.25, 0.3) is 0 Å². The highest BCUT2D eigenvalue weighted by Crippen LogP contribution is 2.52. The first-order chi connectivity index (χ1) is 11.8. The van der Waals surface area contributed by atoms with E-state index in [9.17, 15) is 9.59 Å². The molecule has 1 fully saturated rings. The second-order valence-corrected chi connectivity index (χ2v) is 8.11. The first-order valence-electron chi connectivity index (χ1n) is 8.91. The van der Waals surface area contributed by atoms with Crippen LogP contribution in [0.3, 0.4) is 0 Å². The highest BCUT2D eigenvalue weighted by atomic mass is 16.6. The van der Waals surface area contributed by atoms with Crippen LogP contribution in [-0.2, 0) is 19.7 Å². The third-order valence-corrected chi connectivity index (χ3v) is 5.36. The Hall–Kier alpha value is -2.04. The number of piperidine rings is 1. The number of likely N-dealkylation sites (tertiary alicyclic amines) is 1. The van der Waals surface area contributed by atoms with E-state index in [0.29, 0.717) is 13.1 Å². The quantitative estimate of drug-likeness (QED) is 0.730. The van der Waals surface area contributed by atoms with Crippen LogP contribution in [0.1, 0.15) is 57.1 Å². The van der Waals surface area contributed by atoms with Crippen LogP contribution in [-0.4, -0.2) is 42.8 Å². The molecule has 0 aromatic heterocycles. The maximum Gasteiger partial charge on any atom is 0.410 e. The lowest BCUT2D eigenvalue weighted by atomic mass is 9.73. The normalized spacial score (nSPS) is 21.8. The number of hydrogen-bond acceptors (Lipinski definition) is 4. The molecule has 5 heteroatoms. The molecule has 0 bridgehead atoms. The topological polar surface area (TPSA) is 55.8 Å². The molecule has 0 radical (unpaired) electrons. The summed E-state index contributed by atoms with van der Waals surface area (Å²) >= 11 is 0. The van der Waals surface area contributed by atoms with Crippen LogP contribution in [0.25, 0.3) is 0 Å². The summed E-state index contributed by atoms with van der Waals surface area (Å²) in [6.07, 6.45) is 2.20. The van der Waals surface area contributed by atoms with Crippen molar-refractivity contribution in [1.82, 2.24) is 4.90 Å². The van der Waals surface area contributed by atoms with Gasteiger partial charge in [-0.3, -0.25) is 4.79 Å². The lowest BCUT2D eigenvalue weighted by Gasteiger charge is -2.40. The summed E-state index contributed by atoms with van der Waals surface area (Å²) < 4.78 is 10.5. The number of amides is 1. The molecule has 1 aliphatic carbocycles. The van der Waals surface area contributed by atoms with E-state index in [1.807, 2.05) is 39.0 Å². The molecule has 136 valence electrons. The zero-order valence-corrected chi connectivity index (χ0v) is 15.5. The molecule has 1 amide bonds. The number of carbonyl (C=O) groups is 2. The third kappa shape index (κ3) is 3.37. The van der Waals surface area contributed by atoms with Gasteiger partial charge >= 0.3 is 12.1 Å². The Balaban J connectivity index is 1.77. The van der Waals surface area contributed by atoms with E-state index in [2.05, 4.69) is 6.07 Å². The molecule has 1 atom stereocenters. The fourth-order valence-corrected chi connectivity index (χ4v) is 4.16. The van der Waals surface area contributed by atoms with Crippen LogP contribution in [0.4, 0.5) is 4.79 Å². The van der Waals surface area contributed by atoms with Crippen LogP contribution < -0.4 is 0 Å². The Morgan fingerprint density at radius 3 is 2.40 bits per heavy atom. The van der Waals surface area contributed by atoms with E-state index in [1.54, 1.807) is 4.90 Å². The summed E-state index contributed by atoms with van der Waals surface area (Å²) in [6.45, 7) is 6.94. The Kier molecular flexibility index (Phi) is 4.52. The molecule has 1 aromatic rings. The molecule has 5 nitrogen and oxygen atoms in total. The van der Waals surface area contributed by atoms with Gasteiger partial charge in [0.2, 0.25) is 0 Å². The number of rotatable bonds is 1. The maximum absolute atomic E-state index is 12.3. The number of carbonyl (C=O) groups excluding carboxylic acids is 2. The number of ether oxygens (including phenoxy) is 2. The highest BCUT2D eigenvalue weighted by Gasteiger charge is 2.48. The van der Waals surface area contributed by atoms with Gasteiger partial charge in [0, 0.05) is 18.5 Å². The summed E-state index contributed by atoms with van der Waals surface area (Å²) in [5.41, 5.74) is 1.80. The Labute approximate surface area is 149 Å². The Morgan fingerprint density at radius 1 is 1.16 bits per heavy atom. The molecule has 1 aromatic carbocycles. The van der Waals surface area contributed by atoms with Gasteiger partial charge in [0.05, 0.1) is 13.0 Å². The Bertz CT molecular complexity index is 669. The number of methoxy groups -OCH3 is 1. The third-order valence-electron chi connectivity index (χ3n) is 5.36. The molecule has 3 rings (SSSR count). The molecular formula is C20H27NO4. The second-order valence-electron chi connectivity index (χ2n) is 8.11. The molecule has 0 saturated carbocycles. The number of benzene rings is 1. The highest BCUT2D eigenvalue weighted by molar-refractivity contribution is 5.80. The molecule has 1 spiro atoms. The Morgan fingerprint density at radius 2 is 1.80 bits per heavy atom. The predicted octanol–water partition coefficient (Wildman–Crippen LogP) is 3.62. The minimum absolute atomic E-state index is 0.0477. The van der Waals surface area contributed by atoms with Gasteiger partial charge in [-0.1, -0.05) is 24.3 Å². The van der Waals surface area contributed by atoms with E-state index in [0.717, 1.165) is 24.8 Å². The maximum atomic E-state index is 12.3. The number of fused-ring (bicyclic) bond motifs is 2. The molecule has 1 heterocycles. The standard InChI is InChI=1S/C20H27NO4/c1-19(2,3)25-18(23)21-11-9-20(10-12-21)13-15(17(22)24-4)14-7-5-6-8-16(14)20/h5-8,15H,9-13H2,1-4H3/t15-/m1/s1. The van der Waals surface area contributed by atoms with Crippen molar-refractivity contribution in [2.24, 2.45) is 0 Å². The number of esters is 1. The molecule has 1 aliphatic heterocycles. The first kappa shape index (κ1) is 17.8. The predicted molar refractivity (Wildman–Crippen MR) is 94.5 cm³/mol. The van der Waals surface area contributed by atoms with E-state index >= 15 is 0 Å². The smallest absolute Gasteiger partial charge is 0.410 e. The molecular weight excluding hydrogens is 318 g/mol. The van der Waals surface area contributed by atoms with Crippen LogP contribution in [0, 0.1) is 0 Å². The minimum atomic E-state index is -0.484. The van der Waals surface area contributed by atoms with Crippen molar-refractivity contribution in [1.29, 1.82) is 0 Å². The van der Waals surface area contributed by atoms with Crippen molar-refractivity contribution < 1.29 is 19.1 Å². The van der Waals surface area contributed by atoms with Gasteiger partial charge in [0.15, 0.2) is 0 Å². The zero-order chi connectivity index (χ0) is 18.2. The van der Waals surface area contributed by atoms with E-state index < -0.39 is 5.60 Å². The number of nitrogens with zero attached hydrogens (tertiary/aromatic N) is 1. The van der Waals surface area contributed by atoms with Gasteiger partial charge in [-0.15, -0.1) is 0 Å². The van der Waals surface area contributed by atoms with Crippen molar-refractivity contribution in [3.8, 4) is 0 Å². The van der Waals surface area contributed by atoms with Gasteiger partial charge in [-0.2, -0.15) is 0 Å². The van der Waals surface area contributed by atoms with Crippen molar-refractivity contribution in [2.75, 3.05) is 20.2 Å². The summed E-state index contributed by atoms with van der Waals surface area (Å²) in [5, 5.41) is 0. The number of hydrogen-bond donors (Lipinski definition) is 0. The molecule has 0 N–H and O–H groups in total. The average Bonchev–Trinajstić information content (AvgIpc) is 2.88. The molecule has 1 saturated heterocycles. The van der Waals surface area contributed by atoms with Crippen LogP contribution in [0.5, 0.6) is 0 Å². The van der Waals surface area contributed by atoms with Crippen LogP contribution in [0.15, 0.2) is 24.3 Å². The largest absolute Gasteiger partial charge is 0.469 e. The van der Waals surface area contributed by atoms with Crippen molar-refractivity contribution in [2.45, 2.75) is 57.0 Å².